The smallest absolute Gasteiger partial charge is 0.351 e. The lowest BCUT2D eigenvalue weighted by atomic mass is 10.0. The molecule has 0 heterocycles. The SMILES string of the molecule is CC(C)Cc1cccc(C(=O)NCCNS(C)(=O)=O)c1.O=C=O. The van der Waals surface area contributed by atoms with Crippen molar-refractivity contribution in [3.05, 3.63) is 35.4 Å². The highest BCUT2D eigenvalue weighted by Gasteiger charge is 2.07. The lowest BCUT2D eigenvalue weighted by molar-refractivity contribution is -0.191. The first kappa shape index (κ1) is 21.0. The number of rotatable bonds is 7. The highest BCUT2D eigenvalue weighted by atomic mass is 32.2. The maximum Gasteiger partial charge on any atom is 0.373 e. The van der Waals surface area contributed by atoms with Crippen LogP contribution in [0.25, 0.3) is 0 Å². The number of nitrogens with one attached hydrogen (secondary N) is 2. The van der Waals surface area contributed by atoms with E-state index >= 15 is 0 Å². The van der Waals surface area contributed by atoms with E-state index in [1.807, 2.05) is 18.2 Å². The first-order valence-corrected chi connectivity index (χ1v) is 8.89. The van der Waals surface area contributed by atoms with Gasteiger partial charge in [0.05, 0.1) is 6.26 Å². The number of amides is 1. The molecule has 1 aromatic carbocycles. The second-order valence-electron chi connectivity index (χ2n) is 5.30. The van der Waals surface area contributed by atoms with Crippen LogP contribution in [0.2, 0.25) is 0 Å². The van der Waals surface area contributed by atoms with Gasteiger partial charge in [0.25, 0.3) is 5.91 Å². The van der Waals surface area contributed by atoms with E-state index in [4.69, 9.17) is 9.59 Å². The summed E-state index contributed by atoms with van der Waals surface area (Å²) in [5.74, 6) is 0.346. The first-order valence-electron chi connectivity index (χ1n) is 7.00. The Morgan fingerprint density at radius 1 is 1.22 bits per heavy atom. The van der Waals surface area contributed by atoms with Crippen molar-refractivity contribution in [3.8, 4) is 0 Å². The van der Waals surface area contributed by atoms with E-state index in [0.717, 1.165) is 18.2 Å². The molecule has 1 amide bonds. The Bertz CT molecular complexity index is 635. The minimum Gasteiger partial charge on any atom is -0.351 e. The van der Waals surface area contributed by atoms with Crippen LogP contribution in [-0.4, -0.2) is 39.8 Å². The number of carbonyl (C=O) groups is 1. The Labute approximate surface area is 136 Å². The van der Waals surface area contributed by atoms with Crippen molar-refractivity contribution in [2.75, 3.05) is 19.3 Å². The molecule has 128 valence electrons. The average molecular weight is 342 g/mol. The predicted molar refractivity (Wildman–Crippen MR) is 85.2 cm³/mol. The molecule has 0 spiro atoms. The number of carbonyl (C=O) groups excluding carboxylic acids is 3. The molecule has 8 heteroatoms. The Kier molecular flexibility index (Phi) is 9.73. The molecule has 0 radical (unpaired) electrons. The van der Waals surface area contributed by atoms with Crippen molar-refractivity contribution in [1.82, 2.24) is 10.0 Å². The lowest BCUT2D eigenvalue weighted by Gasteiger charge is -2.08. The third-order valence-corrected chi connectivity index (χ3v) is 3.34. The number of sulfonamides is 1. The van der Waals surface area contributed by atoms with Crippen LogP contribution >= 0.6 is 0 Å². The molecule has 0 aromatic heterocycles. The van der Waals surface area contributed by atoms with Crippen LogP contribution < -0.4 is 10.0 Å². The minimum atomic E-state index is -3.21. The van der Waals surface area contributed by atoms with Gasteiger partial charge in [0.15, 0.2) is 0 Å². The van der Waals surface area contributed by atoms with E-state index in [0.29, 0.717) is 11.5 Å². The van der Waals surface area contributed by atoms with Gasteiger partial charge in [-0.15, -0.1) is 0 Å². The molecule has 1 rings (SSSR count). The van der Waals surface area contributed by atoms with E-state index in [-0.39, 0.29) is 25.1 Å². The third-order valence-electron chi connectivity index (χ3n) is 2.61. The van der Waals surface area contributed by atoms with Gasteiger partial charge in [-0.05, 0) is 30.0 Å². The highest BCUT2D eigenvalue weighted by Crippen LogP contribution is 2.10. The summed E-state index contributed by atoms with van der Waals surface area (Å²) in [5.41, 5.74) is 1.73. The van der Waals surface area contributed by atoms with Crippen molar-refractivity contribution >= 4 is 22.1 Å². The van der Waals surface area contributed by atoms with Gasteiger partial charge >= 0.3 is 6.15 Å². The molecule has 23 heavy (non-hydrogen) atoms. The average Bonchev–Trinajstić information content (AvgIpc) is 2.43. The zero-order valence-corrected chi connectivity index (χ0v) is 14.3. The Morgan fingerprint density at radius 3 is 2.35 bits per heavy atom. The van der Waals surface area contributed by atoms with Gasteiger partial charge in [0.1, 0.15) is 0 Å². The molecule has 1 aromatic rings. The van der Waals surface area contributed by atoms with Crippen molar-refractivity contribution in [3.63, 3.8) is 0 Å². The van der Waals surface area contributed by atoms with Gasteiger partial charge in [0.2, 0.25) is 10.0 Å². The summed E-state index contributed by atoms with van der Waals surface area (Å²) >= 11 is 0. The van der Waals surface area contributed by atoms with Crippen LogP contribution in [0.3, 0.4) is 0 Å². The van der Waals surface area contributed by atoms with E-state index < -0.39 is 10.0 Å². The monoisotopic (exact) mass is 342 g/mol. The van der Waals surface area contributed by atoms with E-state index in [1.54, 1.807) is 6.07 Å². The number of benzene rings is 1. The van der Waals surface area contributed by atoms with Gasteiger partial charge in [-0.3, -0.25) is 4.79 Å². The molecule has 0 aliphatic rings. The van der Waals surface area contributed by atoms with E-state index in [9.17, 15) is 13.2 Å². The van der Waals surface area contributed by atoms with Crippen LogP contribution in [-0.2, 0) is 26.0 Å². The van der Waals surface area contributed by atoms with Crippen LogP contribution in [0.1, 0.15) is 29.8 Å². The van der Waals surface area contributed by atoms with Crippen molar-refractivity contribution in [2.45, 2.75) is 20.3 Å². The molecular formula is C15H22N2O5S. The number of hydrogen-bond donors (Lipinski definition) is 2. The maximum absolute atomic E-state index is 11.9. The van der Waals surface area contributed by atoms with Crippen molar-refractivity contribution in [1.29, 1.82) is 0 Å². The molecule has 0 aliphatic heterocycles. The zero-order valence-electron chi connectivity index (χ0n) is 13.5. The van der Waals surface area contributed by atoms with E-state index in [1.165, 1.54) is 0 Å². The fraction of sp³-hybridized carbons (Fsp3) is 0.467. The molecule has 0 bridgehead atoms. The maximum atomic E-state index is 11.9. The fourth-order valence-corrected chi connectivity index (χ4v) is 2.30. The molecule has 0 aliphatic carbocycles. The largest absolute Gasteiger partial charge is 0.373 e. The topological polar surface area (TPSA) is 109 Å². The van der Waals surface area contributed by atoms with Gasteiger partial charge < -0.3 is 5.32 Å². The molecule has 0 fully saturated rings. The van der Waals surface area contributed by atoms with Gasteiger partial charge in [0, 0.05) is 18.7 Å². The Balaban J connectivity index is 0.00000149. The van der Waals surface area contributed by atoms with Gasteiger partial charge in [-0.2, -0.15) is 9.59 Å². The lowest BCUT2D eigenvalue weighted by Crippen LogP contribution is -2.34. The first-order chi connectivity index (χ1) is 10.7. The second kappa shape index (κ2) is 10.7. The summed E-state index contributed by atoms with van der Waals surface area (Å²) in [5, 5.41) is 2.69. The summed E-state index contributed by atoms with van der Waals surface area (Å²) in [6, 6.07) is 7.49. The second-order valence-corrected chi connectivity index (χ2v) is 7.14. The van der Waals surface area contributed by atoms with Crippen molar-refractivity contribution < 1.29 is 22.8 Å². The van der Waals surface area contributed by atoms with Crippen LogP contribution in [0.5, 0.6) is 0 Å². The summed E-state index contributed by atoms with van der Waals surface area (Å²) in [4.78, 5) is 28.2. The molecule has 7 nitrogen and oxygen atoms in total. The number of hydrogen-bond acceptors (Lipinski definition) is 5. The molecule has 0 saturated carbocycles. The van der Waals surface area contributed by atoms with Gasteiger partial charge in [-0.1, -0.05) is 26.0 Å². The fourth-order valence-electron chi connectivity index (χ4n) is 1.83. The summed E-state index contributed by atoms with van der Waals surface area (Å²) < 4.78 is 24.1. The van der Waals surface area contributed by atoms with E-state index in [2.05, 4.69) is 23.9 Å². The molecular weight excluding hydrogens is 320 g/mol. The zero-order chi connectivity index (χ0) is 17.9. The Hall–Kier alpha value is -2.02. The Morgan fingerprint density at radius 2 is 1.83 bits per heavy atom. The molecule has 0 saturated heterocycles. The normalized spacial score (nSPS) is 10.4. The summed E-state index contributed by atoms with van der Waals surface area (Å²) in [6.07, 6.45) is 2.26. The van der Waals surface area contributed by atoms with Crippen LogP contribution in [0, 0.1) is 5.92 Å². The molecule has 0 atom stereocenters. The summed E-state index contributed by atoms with van der Waals surface area (Å²) in [7, 11) is -3.21. The van der Waals surface area contributed by atoms with Gasteiger partial charge in [-0.25, -0.2) is 13.1 Å². The minimum absolute atomic E-state index is 0.189. The van der Waals surface area contributed by atoms with Crippen LogP contribution in [0.4, 0.5) is 0 Å². The molecule has 2 N–H and O–H groups in total. The van der Waals surface area contributed by atoms with Crippen molar-refractivity contribution in [2.24, 2.45) is 5.92 Å². The highest BCUT2D eigenvalue weighted by molar-refractivity contribution is 7.88. The quantitative estimate of drug-likeness (QED) is 0.705. The standard InChI is InChI=1S/C14H22N2O3S.CO2/c1-11(2)9-12-5-4-6-13(10-12)14(17)15-7-8-16-20(3,18)19;2-1-3/h4-6,10-11,16H,7-9H2,1-3H3,(H,15,17);. The van der Waals surface area contributed by atoms with Crippen LogP contribution in [0.15, 0.2) is 24.3 Å². The predicted octanol–water partition coefficient (Wildman–Crippen LogP) is 0.581. The third kappa shape index (κ3) is 11.2. The molecule has 0 unspecified atom stereocenters. The summed E-state index contributed by atoms with van der Waals surface area (Å²) in [6.45, 7) is 4.71.